The summed E-state index contributed by atoms with van der Waals surface area (Å²) in [6.45, 7) is 0.649. The number of hydrogen-bond donors (Lipinski definition) is 1. The Kier molecular flexibility index (Phi) is 6.94. The molecule has 1 N–H and O–H groups in total. The number of rotatable bonds is 4. The maximum absolute atomic E-state index is 13.9. The number of carbonyl (C=O) groups is 1. The highest BCUT2D eigenvalue weighted by Gasteiger charge is 2.33. The summed E-state index contributed by atoms with van der Waals surface area (Å²) >= 11 is 0. The molecule has 23 heavy (non-hydrogen) atoms. The van der Waals surface area contributed by atoms with E-state index in [1.807, 2.05) is 7.05 Å². The molecule has 0 amide bonds. The number of sulfonamides is 1. The average Bonchev–Trinajstić information content (AvgIpc) is 2.54. The molecule has 0 radical (unpaired) electrons. The maximum atomic E-state index is 13.9. The number of esters is 1. The number of halogens is 2. The van der Waals surface area contributed by atoms with Crippen LogP contribution < -0.4 is 5.32 Å². The van der Waals surface area contributed by atoms with Crippen LogP contribution in [0.4, 0.5) is 4.39 Å². The van der Waals surface area contributed by atoms with Crippen molar-refractivity contribution in [3.8, 4) is 0 Å². The Balaban J connectivity index is 0.00000264. The van der Waals surface area contributed by atoms with E-state index in [4.69, 9.17) is 0 Å². The molecule has 0 saturated carbocycles. The van der Waals surface area contributed by atoms with E-state index in [1.165, 1.54) is 16.4 Å². The van der Waals surface area contributed by atoms with E-state index >= 15 is 0 Å². The third kappa shape index (κ3) is 4.00. The zero-order chi connectivity index (χ0) is 16.3. The number of methoxy groups -OCH3 is 1. The SMILES string of the molecule is CNC1CCN(S(=O)(=O)c2cccc(F)c2C(=O)OC)CC1.Cl. The van der Waals surface area contributed by atoms with Gasteiger partial charge in [0.05, 0.1) is 12.0 Å². The van der Waals surface area contributed by atoms with Gasteiger partial charge >= 0.3 is 5.97 Å². The van der Waals surface area contributed by atoms with Gasteiger partial charge in [-0.1, -0.05) is 6.07 Å². The molecule has 1 heterocycles. The monoisotopic (exact) mass is 366 g/mol. The van der Waals surface area contributed by atoms with Gasteiger partial charge in [0, 0.05) is 19.1 Å². The predicted molar refractivity (Wildman–Crippen MR) is 85.8 cm³/mol. The Labute approximate surface area is 141 Å². The van der Waals surface area contributed by atoms with E-state index in [0.717, 1.165) is 13.2 Å². The first kappa shape index (κ1) is 19.8. The lowest BCUT2D eigenvalue weighted by Crippen LogP contribution is -2.44. The molecule has 1 aromatic rings. The first-order chi connectivity index (χ1) is 10.4. The molecule has 0 aromatic heterocycles. The van der Waals surface area contributed by atoms with Crippen LogP contribution in [0.2, 0.25) is 0 Å². The van der Waals surface area contributed by atoms with E-state index in [2.05, 4.69) is 10.1 Å². The Morgan fingerprint density at radius 2 is 1.96 bits per heavy atom. The number of benzene rings is 1. The number of ether oxygens (including phenoxy) is 1. The molecule has 2 rings (SSSR count). The van der Waals surface area contributed by atoms with Crippen molar-refractivity contribution in [2.24, 2.45) is 0 Å². The summed E-state index contributed by atoms with van der Waals surface area (Å²) in [5.41, 5.74) is -0.541. The second-order valence-electron chi connectivity index (χ2n) is 5.07. The number of hydrogen-bond acceptors (Lipinski definition) is 5. The maximum Gasteiger partial charge on any atom is 0.342 e. The van der Waals surface area contributed by atoms with Crippen molar-refractivity contribution < 1.29 is 22.3 Å². The molecule has 0 spiro atoms. The number of nitrogens with one attached hydrogen (secondary N) is 1. The van der Waals surface area contributed by atoms with Gasteiger partial charge in [0.1, 0.15) is 11.4 Å². The standard InChI is InChI=1S/C14H19FN2O4S.ClH/c1-16-10-6-8-17(9-7-10)22(19,20)12-5-3-4-11(15)13(12)14(18)21-2;/h3-5,10,16H,6-9H2,1-2H3;1H. The first-order valence-electron chi connectivity index (χ1n) is 6.96. The minimum absolute atomic E-state index is 0. The van der Waals surface area contributed by atoms with Gasteiger partial charge in [0.25, 0.3) is 0 Å². The van der Waals surface area contributed by atoms with Gasteiger partial charge in [-0.05, 0) is 32.0 Å². The lowest BCUT2D eigenvalue weighted by atomic mass is 10.1. The van der Waals surface area contributed by atoms with Crippen LogP contribution in [-0.2, 0) is 14.8 Å². The second kappa shape index (κ2) is 8.05. The fourth-order valence-electron chi connectivity index (χ4n) is 2.54. The number of piperidine rings is 1. The molecule has 0 aliphatic carbocycles. The van der Waals surface area contributed by atoms with E-state index < -0.39 is 27.4 Å². The van der Waals surface area contributed by atoms with Gasteiger partial charge in [0.15, 0.2) is 0 Å². The zero-order valence-corrected chi connectivity index (χ0v) is 14.5. The topological polar surface area (TPSA) is 75.7 Å². The molecule has 1 aliphatic rings. The fourth-order valence-corrected chi connectivity index (χ4v) is 4.20. The minimum atomic E-state index is -3.94. The van der Waals surface area contributed by atoms with Gasteiger partial charge in [-0.2, -0.15) is 4.31 Å². The van der Waals surface area contributed by atoms with E-state index in [-0.39, 0.29) is 23.3 Å². The van der Waals surface area contributed by atoms with Gasteiger partial charge < -0.3 is 10.1 Å². The molecule has 6 nitrogen and oxygen atoms in total. The van der Waals surface area contributed by atoms with E-state index in [0.29, 0.717) is 25.9 Å². The van der Waals surface area contributed by atoms with Crippen molar-refractivity contribution in [3.05, 3.63) is 29.6 Å². The van der Waals surface area contributed by atoms with Crippen LogP contribution in [0.15, 0.2) is 23.1 Å². The van der Waals surface area contributed by atoms with Crippen molar-refractivity contribution in [2.75, 3.05) is 27.2 Å². The molecule has 130 valence electrons. The summed E-state index contributed by atoms with van der Waals surface area (Å²) in [7, 11) is -1.02. The molecule has 1 aliphatic heterocycles. The highest BCUT2D eigenvalue weighted by molar-refractivity contribution is 7.89. The number of carbonyl (C=O) groups excluding carboxylic acids is 1. The van der Waals surface area contributed by atoms with Crippen LogP contribution in [0.25, 0.3) is 0 Å². The Morgan fingerprint density at radius 3 is 2.48 bits per heavy atom. The summed E-state index contributed by atoms with van der Waals surface area (Å²) in [5.74, 6) is -1.90. The van der Waals surface area contributed by atoms with Crippen LogP contribution in [0.5, 0.6) is 0 Å². The molecule has 0 atom stereocenters. The Hall–Kier alpha value is -1.22. The van der Waals surface area contributed by atoms with Crippen LogP contribution >= 0.6 is 12.4 Å². The van der Waals surface area contributed by atoms with Gasteiger partial charge in [-0.15, -0.1) is 12.4 Å². The summed E-state index contributed by atoms with van der Waals surface area (Å²) < 4.78 is 45.1. The molecular formula is C14H20ClFN2O4S. The van der Waals surface area contributed by atoms with Crippen LogP contribution in [-0.4, -0.2) is 52.0 Å². The largest absolute Gasteiger partial charge is 0.465 e. The van der Waals surface area contributed by atoms with Crippen LogP contribution in [0.3, 0.4) is 0 Å². The summed E-state index contributed by atoms with van der Waals surface area (Å²) in [6.07, 6.45) is 1.33. The summed E-state index contributed by atoms with van der Waals surface area (Å²) in [5, 5.41) is 3.11. The lowest BCUT2D eigenvalue weighted by molar-refractivity contribution is 0.0590. The van der Waals surface area contributed by atoms with Gasteiger partial charge in [-0.3, -0.25) is 0 Å². The lowest BCUT2D eigenvalue weighted by Gasteiger charge is -2.31. The molecule has 0 unspecified atom stereocenters. The van der Waals surface area contributed by atoms with Crippen molar-refractivity contribution in [3.63, 3.8) is 0 Å². The van der Waals surface area contributed by atoms with Crippen LogP contribution in [0, 0.1) is 5.82 Å². The predicted octanol–water partition coefficient (Wildman–Crippen LogP) is 1.41. The molecule has 0 bridgehead atoms. The summed E-state index contributed by atoms with van der Waals surface area (Å²) in [6, 6.07) is 3.81. The fraction of sp³-hybridized carbons (Fsp3) is 0.500. The second-order valence-corrected chi connectivity index (χ2v) is 6.98. The minimum Gasteiger partial charge on any atom is -0.465 e. The third-order valence-electron chi connectivity index (χ3n) is 3.84. The van der Waals surface area contributed by atoms with Crippen molar-refractivity contribution in [1.82, 2.24) is 9.62 Å². The summed E-state index contributed by atoms with van der Waals surface area (Å²) in [4.78, 5) is 11.4. The van der Waals surface area contributed by atoms with E-state index in [1.54, 1.807) is 0 Å². The Morgan fingerprint density at radius 1 is 1.35 bits per heavy atom. The third-order valence-corrected chi connectivity index (χ3v) is 5.79. The number of nitrogens with zero attached hydrogens (tertiary/aromatic N) is 1. The molecule has 9 heteroatoms. The molecular weight excluding hydrogens is 347 g/mol. The van der Waals surface area contributed by atoms with E-state index in [9.17, 15) is 17.6 Å². The quantitative estimate of drug-likeness (QED) is 0.815. The van der Waals surface area contributed by atoms with Crippen molar-refractivity contribution in [2.45, 2.75) is 23.8 Å². The Bertz CT molecular complexity index is 661. The van der Waals surface area contributed by atoms with Crippen molar-refractivity contribution >= 4 is 28.4 Å². The van der Waals surface area contributed by atoms with Crippen molar-refractivity contribution in [1.29, 1.82) is 0 Å². The van der Waals surface area contributed by atoms with Gasteiger partial charge in [0.2, 0.25) is 10.0 Å². The van der Waals surface area contributed by atoms with Gasteiger partial charge in [-0.25, -0.2) is 17.6 Å². The zero-order valence-electron chi connectivity index (χ0n) is 12.9. The molecule has 1 aromatic carbocycles. The smallest absolute Gasteiger partial charge is 0.342 e. The highest BCUT2D eigenvalue weighted by Crippen LogP contribution is 2.25. The molecule has 1 fully saturated rings. The van der Waals surface area contributed by atoms with Crippen LogP contribution in [0.1, 0.15) is 23.2 Å². The first-order valence-corrected chi connectivity index (χ1v) is 8.40. The normalized spacial score (nSPS) is 16.7. The average molecular weight is 367 g/mol. The molecule has 1 saturated heterocycles. The highest BCUT2D eigenvalue weighted by atomic mass is 35.5.